The van der Waals surface area contributed by atoms with E-state index in [2.05, 4.69) is 455 Å². The molecule has 4 aromatic heterocycles. The molecule has 610 valence electrons. The standard InChI is InChI=1S/C127H75N3O2/c1-4-30-77(31-5-1)112-70-85(71-113(128-112)78-32-6-2-7-33-78)86-43-29-56-109-120(86)96-73-95-92-65-63-83(72-118(92)132-119(95)74-111(96)126(109)103-50-21-19-48-101(103)124(102-49-20-22-51-104(102)126)97-44-15-10-38-87(97)88-39-11-16-45-98(88)124)76-58-60-80(61-59-76)123-129-114(79-34-8-3-9-35-79)75-115(130-123)84-37-28-36-81(68-84)82-62-64-91-93-66-67-117-121(94-42-14-27-57-116(94)131-117)122(93)127(110(91)69-82)107-54-25-23-52-105(107)125(106-53-24-26-55-108(106)127)99-46-17-12-40-89(99)90-41-13-18-47-100(90)125/h1-75H. The van der Waals surface area contributed by atoms with Gasteiger partial charge in [-0.25, -0.2) is 15.0 Å². The van der Waals surface area contributed by atoms with Crippen LogP contribution in [0.2, 0.25) is 0 Å². The van der Waals surface area contributed by atoms with Crippen LogP contribution in [0.3, 0.4) is 0 Å². The summed E-state index contributed by atoms with van der Waals surface area (Å²) in [5.74, 6) is 0.635. The summed E-state index contributed by atoms with van der Waals surface area (Å²) in [4.78, 5) is 16.4. The Morgan fingerprint density at radius 2 is 0.530 bits per heavy atom. The highest BCUT2D eigenvalue weighted by molar-refractivity contribution is 6.14. The molecule has 0 fully saturated rings. The first-order valence-corrected chi connectivity index (χ1v) is 45.7. The molecule has 0 bridgehead atoms. The molecule has 0 aliphatic heterocycles. The van der Waals surface area contributed by atoms with Crippen molar-refractivity contribution in [3.8, 4) is 134 Å². The third kappa shape index (κ3) is 9.67. The zero-order valence-electron chi connectivity index (χ0n) is 71.5. The van der Waals surface area contributed by atoms with Gasteiger partial charge in [-0.2, -0.15) is 0 Å². The second kappa shape index (κ2) is 27.3. The van der Waals surface area contributed by atoms with E-state index in [1.807, 2.05) is 0 Å². The normalized spacial score (nSPS) is 14.3. The molecule has 0 radical (unpaired) electrons. The van der Waals surface area contributed by atoms with Crippen LogP contribution in [0.5, 0.6) is 0 Å². The lowest BCUT2D eigenvalue weighted by atomic mass is 9.52. The average Bonchev–Trinajstić information content (AvgIpc) is 1.43. The van der Waals surface area contributed by atoms with Gasteiger partial charge < -0.3 is 8.83 Å². The van der Waals surface area contributed by atoms with Gasteiger partial charge in [0.2, 0.25) is 0 Å². The summed E-state index contributed by atoms with van der Waals surface area (Å²) in [6.45, 7) is 0. The molecule has 29 rings (SSSR count). The number of nitrogens with zero attached hydrogens (tertiary/aromatic N) is 3. The van der Waals surface area contributed by atoms with Crippen molar-refractivity contribution in [2.24, 2.45) is 0 Å². The fourth-order valence-corrected chi connectivity index (χ4v) is 25.1. The summed E-state index contributed by atoms with van der Waals surface area (Å²) in [6, 6.07) is 169. The first kappa shape index (κ1) is 73.1. The number of pyridine rings is 1. The number of fused-ring (bicyclic) bond motifs is 39. The lowest BCUT2D eigenvalue weighted by Crippen LogP contribution is -2.43. The molecule has 132 heavy (non-hydrogen) atoms. The fourth-order valence-electron chi connectivity index (χ4n) is 25.1. The molecule has 4 heterocycles. The largest absolute Gasteiger partial charge is 0.456 e. The molecule has 6 aliphatic carbocycles. The lowest BCUT2D eigenvalue weighted by Gasteiger charge is -2.49. The van der Waals surface area contributed by atoms with Crippen LogP contribution in [-0.2, 0) is 21.7 Å². The van der Waals surface area contributed by atoms with Crippen LogP contribution in [0, 0.1) is 0 Å². The van der Waals surface area contributed by atoms with Crippen molar-refractivity contribution in [1.29, 1.82) is 0 Å². The van der Waals surface area contributed by atoms with Gasteiger partial charge in [0.25, 0.3) is 0 Å². The SMILES string of the molecule is c1ccc(-c2cc(-c3cccc4c3-c3cc5c(cc3C43c4ccccc4C4(c6ccccc6-c6ccccc64)c4ccccc43)oc3cc(-c4ccc(-c6nc(-c7ccccc7)cc(-c7cccc(-c8ccc9c(c8)C8(c%10ccccc%10C%10(c%11ccccc%11-c%11ccccc%11%10)c%10ccccc%108)c8c-9ccc9oc%10ccccc%10c89)c7)n6)cc4)ccc35)cc(-c3ccccc3)n2)cc1. The quantitative estimate of drug-likeness (QED) is 0.152. The van der Waals surface area contributed by atoms with E-state index in [0.717, 1.165) is 128 Å². The maximum Gasteiger partial charge on any atom is 0.160 e. The summed E-state index contributed by atoms with van der Waals surface area (Å²) in [7, 11) is 0. The summed E-state index contributed by atoms with van der Waals surface area (Å²) in [5, 5.41) is 4.37. The molecule has 5 nitrogen and oxygen atoms in total. The number of hydrogen-bond acceptors (Lipinski definition) is 5. The van der Waals surface area contributed by atoms with Crippen LogP contribution in [0.4, 0.5) is 0 Å². The van der Waals surface area contributed by atoms with Crippen LogP contribution in [-0.4, -0.2) is 15.0 Å². The molecular weight excluding hydrogens is 1600 g/mol. The summed E-state index contributed by atoms with van der Waals surface area (Å²) < 4.78 is 14.4. The minimum atomic E-state index is -0.799. The number of para-hydroxylation sites is 1. The van der Waals surface area contributed by atoms with Gasteiger partial charge in [-0.05, 0) is 234 Å². The Morgan fingerprint density at radius 1 is 0.159 bits per heavy atom. The Bertz CT molecular complexity index is 8670. The minimum absolute atomic E-state index is 0.596. The van der Waals surface area contributed by atoms with E-state index in [4.69, 9.17) is 23.8 Å². The molecule has 4 spiro atoms. The van der Waals surface area contributed by atoms with Crippen molar-refractivity contribution in [2.45, 2.75) is 21.7 Å². The molecule has 0 saturated heterocycles. The van der Waals surface area contributed by atoms with E-state index < -0.39 is 21.7 Å². The zero-order chi connectivity index (χ0) is 86.3. The van der Waals surface area contributed by atoms with Crippen LogP contribution in [0.15, 0.2) is 464 Å². The predicted molar refractivity (Wildman–Crippen MR) is 534 cm³/mol. The highest BCUT2D eigenvalue weighted by Crippen LogP contribution is 2.72. The summed E-state index contributed by atoms with van der Waals surface area (Å²) in [5.41, 5.74) is 45.9. The van der Waals surface area contributed by atoms with E-state index >= 15 is 0 Å². The van der Waals surface area contributed by atoms with Crippen molar-refractivity contribution < 1.29 is 8.83 Å². The van der Waals surface area contributed by atoms with Crippen molar-refractivity contribution in [3.63, 3.8) is 0 Å². The van der Waals surface area contributed by atoms with Gasteiger partial charge >= 0.3 is 0 Å². The molecule has 0 atom stereocenters. The molecule has 0 N–H and O–H groups in total. The highest BCUT2D eigenvalue weighted by atomic mass is 16.3. The zero-order valence-corrected chi connectivity index (χ0v) is 71.5. The molecule has 19 aromatic carbocycles. The van der Waals surface area contributed by atoms with Gasteiger partial charge in [-0.1, -0.05) is 388 Å². The van der Waals surface area contributed by atoms with Crippen LogP contribution in [0.25, 0.3) is 178 Å². The smallest absolute Gasteiger partial charge is 0.160 e. The molecule has 0 amide bonds. The van der Waals surface area contributed by atoms with Crippen molar-refractivity contribution >= 4 is 43.9 Å². The van der Waals surface area contributed by atoms with Gasteiger partial charge in [0.1, 0.15) is 22.3 Å². The van der Waals surface area contributed by atoms with E-state index in [1.54, 1.807) is 0 Å². The summed E-state index contributed by atoms with van der Waals surface area (Å²) in [6.07, 6.45) is 0. The molecular formula is C127H75N3O2. The second-order valence-electron chi connectivity index (χ2n) is 36.4. The topological polar surface area (TPSA) is 65.0 Å². The van der Waals surface area contributed by atoms with Gasteiger partial charge in [-0.3, -0.25) is 0 Å². The van der Waals surface area contributed by atoms with E-state index in [9.17, 15) is 0 Å². The Balaban J connectivity index is 0.563. The molecule has 6 aliphatic rings. The minimum Gasteiger partial charge on any atom is -0.456 e. The summed E-state index contributed by atoms with van der Waals surface area (Å²) >= 11 is 0. The van der Waals surface area contributed by atoms with Gasteiger partial charge in [-0.15, -0.1) is 0 Å². The number of aromatic nitrogens is 3. The molecule has 23 aromatic rings. The number of benzene rings is 19. The Morgan fingerprint density at radius 3 is 1.08 bits per heavy atom. The van der Waals surface area contributed by atoms with E-state index in [-0.39, 0.29) is 0 Å². The average molecular weight is 1680 g/mol. The monoisotopic (exact) mass is 1670 g/mol. The van der Waals surface area contributed by atoms with Crippen LogP contribution >= 0.6 is 0 Å². The Kier molecular flexibility index (Phi) is 15.1. The van der Waals surface area contributed by atoms with E-state index in [1.165, 1.54) is 134 Å². The van der Waals surface area contributed by atoms with Crippen LogP contribution in [0.1, 0.15) is 89.0 Å². The Hall–Kier alpha value is -17.0. The molecule has 5 heteroatoms. The second-order valence-corrected chi connectivity index (χ2v) is 36.4. The Labute approximate surface area is 762 Å². The van der Waals surface area contributed by atoms with E-state index in [0.29, 0.717) is 5.82 Å². The van der Waals surface area contributed by atoms with Crippen molar-refractivity contribution in [2.75, 3.05) is 0 Å². The first-order valence-electron chi connectivity index (χ1n) is 45.7. The van der Waals surface area contributed by atoms with Crippen molar-refractivity contribution in [3.05, 3.63) is 544 Å². The predicted octanol–water partition coefficient (Wildman–Crippen LogP) is 31.1. The van der Waals surface area contributed by atoms with Gasteiger partial charge in [0.15, 0.2) is 5.82 Å². The number of hydrogen-bond donors (Lipinski definition) is 0. The van der Waals surface area contributed by atoms with Crippen molar-refractivity contribution in [1.82, 2.24) is 15.0 Å². The molecule has 0 unspecified atom stereocenters. The molecule has 0 saturated carbocycles. The van der Waals surface area contributed by atoms with Crippen LogP contribution < -0.4 is 0 Å². The maximum absolute atomic E-state index is 7.43. The first-order chi connectivity index (χ1) is 65.4. The van der Waals surface area contributed by atoms with Gasteiger partial charge in [0, 0.05) is 49.4 Å². The number of furan rings is 2. The highest BCUT2D eigenvalue weighted by Gasteiger charge is 2.62. The number of rotatable bonds is 8. The third-order valence-electron chi connectivity index (χ3n) is 30.3. The maximum atomic E-state index is 7.43. The lowest BCUT2D eigenvalue weighted by molar-refractivity contribution is 0.630. The van der Waals surface area contributed by atoms with Gasteiger partial charge in [0.05, 0.1) is 44.4 Å². The third-order valence-corrected chi connectivity index (χ3v) is 30.3. The fraction of sp³-hybridized carbons (Fsp3) is 0.0315.